The van der Waals surface area contributed by atoms with Gasteiger partial charge in [0, 0.05) is 0 Å². The molecule has 0 N–H and O–H groups in total. The molecule has 0 spiro atoms. The van der Waals surface area contributed by atoms with Gasteiger partial charge in [0.1, 0.15) is 0 Å². The Morgan fingerprint density at radius 2 is 0.327 bits per heavy atom. The summed E-state index contributed by atoms with van der Waals surface area (Å²) in [6, 6.07) is 0. The second-order valence-electron chi connectivity index (χ2n) is 20.4. The van der Waals surface area contributed by atoms with Crippen LogP contribution in [-0.2, 0) is 53.5 Å². The van der Waals surface area contributed by atoms with E-state index in [4.69, 9.17) is 53.5 Å². The number of rotatable bonds is 26. The average Bonchev–Trinajstić information content (AvgIpc) is 2.65. The molecule has 0 saturated heterocycles. The molecule has 0 aliphatic carbocycles. The van der Waals surface area contributed by atoms with Crippen molar-refractivity contribution >= 4 is 121 Å². The lowest BCUT2D eigenvalue weighted by Crippen LogP contribution is -2.63. The first-order chi connectivity index (χ1) is 23.5. The second kappa shape index (κ2) is 19.5. The third-order valence-electron chi connectivity index (χ3n) is 6.31. The first-order valence-corrected chi connectivity index (χ1v) is 57.9. The van der Waals surface area contributed by atoms with E-state index in [9.17, 15) is 0 Å². The summed E-state index contributed by atoms with van der Waals surface area (Å²) in [5, 5.41) is 0. The van der Waals surface area contributed by atoms with Crippen LogP contribution in [0.15, 0.2) is 0 Å². The molecular formula is C28H84O13Si14. The molecule has 0 aliphatic rings. The molecule has 0 rings (SSSR count). The van der Waals surface area contributed by atoms with Crippen LogP contribution in [0.5, 0.6) is 0 Å². The van der Waals surface area contributed by atoms with Gasteiger partial charge in [0.15, 0.2) is 8.32 Å². The Morgan fingerprint density at radius 1 is 0.200 bits per heavy atom. The maximum absolute atomic E-state index is 6.83. The zero-order chi connectivity index (χ0) is 44.4. The van der Waals surface area contributed by atoms with E-state index in [2.05, 4.69) is 177 Å². The standard InChI is InChI=1S/C28H84O13Si14/c1-42-29-44(5,6)31-46(9,10)33-48(13,14)35-50(17,18)37-52(21,22)39-54(25,26)41-55(27,28)40-53(23,24)38-51(19,20)36-49(15,16)34-47(11,12)32-45(7,8)30-43(2,3)4/h1-28H3. The van der Waals surface area contributed by atoms with Crippen LogP contribution in [0.3, 0.4) is 0 Å². The van der Waals surface area contributed by atoms with Gasteiger partial charge in [0.25, 0.3) is 0 Å². The molecule has 330 valence electrons. The molecule has 0 atom stereocenters. The van der Waals surface area contributed by atoms with Crippen LogP contribution >= 0.6 is 0 Å². The van der Waals surface area contributed by atoms with Crippen LogP contribution in [-0.4, -0.2) is 121 Å². The monoisotopic (exact) mass is 1020 g/mol. The van der Waals surface area contributed by atoms with Crippen LogP contribution in [0.25, 0.3) is 0 Å². The Hall–Kier alpha value is 2.52. The topological polar surface area (TPSA) is 120 Å². The third-order valence-corrected chi connectivity index (χ3v) is 56.8. The quantitative estimate of drug-likeness (QED) is 0.0766. The highest BCUT2D eigenvalue weighted by atomic mass is 28.5. The van der Waals surface area contributed by atoms with Crippen molar-refractivity contribution in [1.82, 2.24) is 0 Å². The molecule has 27 heteroatoms. The molecule has 0 saturated carbocycles. The van der Waals surface area contributed by atoms with Crippen molar-refractivity contribution in [2.24, 2.45) is 0 Å². The van der Waals surface area contributed by atoms with E-state index in [1.165, 1.54) is 0 Å². The summed E-state index contributed by atoms with van der Waals surface area (Å²) in [6.45, 7) is 58.2. The van der Waals surface area contributed by atoms with Gasteiger partial charge in [0.2, 0.25) is 9.76 Å². The van der Waals surface area contributed by atoms with Crippen molar-refractivity contribution in [3.8, 4) is 0 Å². The smallest absolute Gasteiger partial charge is 0.314 e. The van der Waals surface area contributed by atoms with Gasteiger partial charge in [-0.15, -0.1) is 0 Å². The highest BCUT2D eigenvalue weighted by molar-refractivity contribution is 6.94. The molecule has 0 aromatic heterocycles. The zero-order valence-corrected chi connectivity index (χ0v) is 54.3. The van der Waals surface area contributed by atoms with E-state index in [0.29, 0.717) is 9.76 Å². The van der Waals surface area contributed by atoms with E-state index in [1.54, 1.807) is 0 Å². The lowest BCUT2D eigenvalue weighted by Gasteiger charge is -2.45. The molecule has 0 heterocycles. The van der Waals surface area contributed by atoms with Crippen LogP contribution in [0, 0.1) is 0 Å². The largest absolute Gasteiger partial charge is 0.437 e. The van der Waals surface area contributed by atoms with Gasteiger partial charge in [-0.1, -0.05) is 0 Å². The van der Waals surface area contributed by atoms with Gasteiger partial charge in [-0.3, -0.25) is 0 Å². The van der Waals surface area contributed by atoms with Gasteiger partial charge in [0.05, 0.1) is 0 Å². The van der Waals surface area contributed by atoms with E-state index >= 15 is 0 Å². The van der Waals surface area contributed by atoms with Crippen LogP contribution in [0.2, 0.25) is 183 Å². The molecule has 0 aromatic carbocycles. The van der Waals surface area contributed by atoms with Crippen molar-refractivity contribution < 1.29 is 53.5 Å². The average molecular weight is 1020 g/mol. The summed E-state index contributed by atoms with van der Waals surface area (Å²) in [6.07, 6.45) is 0. The van der Waals surface area contributed by atoms with Crippen LogP contribution < -0.4 is 0 Å². The minimum atomic E-state index is -2.75. The predicted octanol–water partition coefficient (Wildman–Crippen LogP) is 10.1. The Bertz CT molecular complexity index is 1220. The third kappa shape index (κ3) is 27.2. The Kier molecular flexibility index (Phi) is 20.4. The molecule has 13 nitrogen and oxygen atoms in total. The highest BCUT2D eigenvalue weighted by Gasteiger charge is 2.52. The van der Waals surface area contributed by atoms with E-state index in [1.807, 2.05) is 6.55 Å². The predicted molar refractivity (Wildman–Crippen MR) is 259 cm³/mol. The molecule has 0 amide bonds. The SMILES string of the molecule is C[Si]O[Si](C)(C)O[Si](C)(C)O[Si](C)(C)O[Si](C)(C)O[Si](C)(C)O[Si](C)(C)O[Si](C)(C)O[Si](C)(C)O[Si](C)(C)O[Si](C)(C)O[Si](C)(C)O[Si](C)(C)O[Si](C)(C)C. The maximum atomic E-state index is 6.83. The van der Waals surface area contributed by atoms with Crippen molar-refractivity contribution in [1.29, 1.82) is 0 Å². The Morgan fingerprint density at radius 3 is 0.455 bits per heavy atom. The van der Waals surface area contributed by atoms with Crippen molar-refractivity contribution in [3.63, 3.8) is 0 Å². The molecule has 55 heavy (non-hydrogen) atoms. The molecular weight excluding hydrogens is 937 g/mol. The molecule has 0 fully saturated rings. The van der Waals surface area contributed by atoms with Crippen LogP contribution in [0.4, 0.5) is 0 Å². The second-order valence-corrected chi connectivity index (χ2v) is 69.3. The van der Waals surface area contributed by atoms with Gasteiger partial charge >= 0.3 is 103 Å². The Balaban J connectivity index is 5.62. The Labute approximate surface area is 355 Å². The lowest BCUT2D eigenvalue weighted by atomic mass is 11.8. The first kappa shape index (κ1) is 57.5. The number of hydrogen-bond acceptors (Lipinski definition) is 13. The summed E-state index contributed by atoms with van der Waals surface area (Å²) >= 11 is 0. The van der Waals surface area contributed by atoms with Gasteiger partial charge in [-0.25, -0.2) is 0 Å². The number of hydrogen-bond donors (Lipinski definition) is 0. The fraction of sp³-hybridized carbons (Fsp3) is 1.00. The lowest BCUT2D eigenvalue weighted by molar-refractivity contribution is 0.252. The zero-order valence-electron chi connectivity index (χ0n) is 40.3. The fourth-order valence-electron chi connectivity index (χ4n) is 7.74. The van der Waals surface area contributed by atoms with E-state index in [-0.39, 0.29) is 0 Å². The van der Waals surface area contributed by atoms with Crippen molar-refractivity contribution in [2.45, 2.75) is 183 Å². The molecule has 0 aliphatic heterocycles. The van der Waals surface area contributed by atoms with Gasteiger partial charge < -0.3 is 53.5 Å². The van der Waals surface area contributed by atoms with Gasteiger partial charge in [-0.05, 0) is 183 Å². The molecule has 0 unspecified atom stereocenters. The van der Waals surface area contributed by atoms with E-state index in [0.717, 1.165) is 0 Å². The molecule has 2 radical (unpaired) electrons. The highest BCUT2D eigenvalue weighted by Crippen LogP contribution is 2.32. The summed E-state index contributed by atoms with van der Waals surface area (Å²) in [5.74, 6) is 0. The fourth-order valence-corrected chi connectivity index (χ4v) is 74.2. The van der Waals surface area contributed by atoms with Gasteiger partial charge in [-0.2, -0.15) is 0 Å². The summed E-state index contributed by atoms with van der Waals surface area (Å²) in [5.41, 5.74) is 0. The minimum Gasteiger partial charge on any atom is -0.437 e. The first-order valence-electron chi connectivity index (χ1n) is 19.3. The molecule has 0 aromatic rings. The van der Waals surface area contributed by atoms with Crippen molar-refractivity contribution in [2.75, 3.05) is 0 Å². The summed E-state index contributed by atoms with van der Waals surface area (Å²) in [7, 11) is -32.8. The normalized spacial score (nSPS) is 15.9. The summed E-state index contributed by atoms with van der Waals surface area (Å²) in [4.78, 5) is 0. The van der Waals surface area contributed by atoms with Crippen LogP contribution in [0.1, 0.15) is 0 Å². The summed E-state index contributed by atoms with van der Waals surface area (Å²) < 4.78 is 86.5. The van der Waals surface area contributed by atoms with E-state index < -0.39 is 111 Å². The minimum absolute atomic E-state index is 0.380. The molecule has 0 bridgehead atoms. The van der Waals surface area contributed by atoms with Crippen molar-refractivity contribution in [3.05, 3.63) is 0 Å². The maximum Gasteiger partial charge on any atom is 0.314 e.